The highest BCUT2D eigenvalue weighted by molar-refractivity contribution is 6.45. The Morgan fingerprint density at radius 2 is 2.11 bits per heavy atom. The molecule has 0 aliphatic heterocycles. The van der Waals surface area contributed by atoms with Gasteiger partial charge in [-0.1, -0.05) is 0 Å². The average Bonchev–Trinajstić information content (AvgIpc) is 1.63. The molecule has 9 heavy (non-hydrogen) atoms. The minimum atomic E-state index is -1.67. The first-order chi connectivity index (χ1) is 4.04. The van der Waals surface area contributed by atoms with Crippen LogP contribution in [0.25, 0.3) is 0 Å². The second kappa shape index (κ2) is 3.69. The molecule has 0 saturated heterocycles. The molecule has 0 unspecified atom stereocenters. The molecule has 0 aromatic carbocycles. The third kappa shape index (κ3) is 4.24. The second-order valence-electron chi connectivity index (χ2n) is 1.15. The lowest BCUT2D eigenvalue weighted by Gasteiger charge is -1.88. The number of hydrogen-bond acceptors (Lipinski definition) is 1. The average molecular weight is 173 g/mol. The molecule has 2 nitrogen and oxygen atoms in total. The van der Waals surface area contributed by atoms with Crippen LogP contribution in [-0.4, -0.2) is 15.9 Å². The number of halogens is 3. The van der Waals surface area contributed by atoms with Crippen molar-refractivity contribution in [3.63, 3.8) is 0 Å². The third-order valence-corrected chi connectivity index (χ3v) is 0.729. The van der Waals surface area contributed by atoms with E-state index < -0.39 is 16.6 Å². The monoisotopic (exact) mass is 172 g/mol. The van der Waals surface area contributed by atoms with E-state index in [1.807, 2.05) is 0 Å². The fraction of sp³-hybridized carbons (Fsp3) is 0.250. The van der Waals surface area contributed by atoms with Crippen LogP contribution in [-0.2, 0) is 4.79 Å². The highest BCUT2D eigenvalue weighted by atomic mass is 35.5. The number of rotatable bonds is 2. The first kappa shape index (κ1) is 8.72. The summed E-state index contributed by atoms with van der Waals surface area (Å²) in [6.07, 6.45) is 0.589. The van der Waals surface area contributed by atoms with E-state index in [1.54, 1.807) is 0 Å². The van der Waals surface area contributed by atoms with Crippen LogP contribution in [0.4, 0.5) is 4.39 Å². The molecule has 0 aliphatic rings. The Balaban J connectivity index is 4.00. The van der Waals surface area contributed by atoms with Crippen molar-refractivity contribution in [2.75, 3.05) is 0 Å². The van der Waals surface area contributed by atoms with Gasteiger partial charge in [-0.15, -0.1) is 23.2 Å². The minimum absolute atomic E-state index is 0.589. The van der Waals surface area contributed by atoms with Gasteiger partial charge in [0, 0.05) is 0 Å². The zero-order valence-electron chi connectivity index (χ0n) is 4.14. The van der Waals surface area contributed by atoms with Crippen molar-refractivity contribution >= 4 is 29.2 Å². The molecule has 0 fully saturated rings. The molecule has 52 valence electrons. The first-order valence-corrected chi connectivity index (χ1v) is 2.80. The summed E-state index contributed by atoms with van der Waals surface area (Å²) in [6, 6.07) is 0. The first-order valence-electron chi connectivity index (χ1n) is 1.93. The van der Waals surface area contributed by atoms with Crippen LogP contribution in [0, 0.1) is 0 Å². The largest absolute Gasteiger partial charge is 0.476 e. The number of carboxylic acids is 1. The van der Waals surface area contributed by atoms with Crippen molar-refractivity contribution in [3.05, 3.63) is 11.9 Å². The summed E-state index contributed by atoms with van der Waals surface area (Å²) < 4.78 is 11.9. The maximum absolute atomic E-state index is 11.9. The Morgan fingerprint density at radius 3 is 2.22 bits per heavy atom. The Hall–Kier alpha value is -0.280. The number of hydrogen-bond donors (Lipinski definition) is 1. The summed E-state index contributed by atoms with van der Waals surface area (Å²) in [7, 11) is 0. The summed E-state index contributed by atoms with van der Waals surface area (Å²) >= 11 is 10.0. The van der Waals surface area contributed by atoms with Gasteiger partial charge in [-0.2, -0.15) is 4.39 Å². The lowest BCUT2D eigenvalue weighted by Crippen LogP contribution is -1.96. The quantitative estimate of drug-likeness (QED) is 0.509. The standard InChI is InChI=1S/C4H3Cl2FO2/c5-3(6)1-2(7)4(8)9/h1,3H,(H,8,9)/b2-1-. The van der Waals surface area contributed by atoms with Gasteiger partial charge in [-0.25, -0.2) is 4.79 Å². The van der Waals surface area contributed by atoms with E-state index in [0.717, 1.165) is 0 Å². The van der Waals surface area contributed by atoms with Crippen LogP contribution in [0.3, 0.4) is 0 Å². The lowest BCUT2D eigenvalue weighted by atomic mass is 10.5. The molecule has 0 aromatic heterocycles. The topological polar surface area (TPSA) is 37.3 Å². The molecule has 1 N–H and O–H groups in total. The molecule has 0 spiro atoms. The molecular weight excluding hydrogens is 170 g/mol. The Bertz CT molecular complexity index is 144. The maximum atomic E-state index is 11.9. The highest BCUT2D eigenvalue weighted by Crippen LogP contribution is 2.07. The molecule has 0 aliphatic carbocycles. The smallest absolute Gasteiger partial charge is 0.364 e. The summed E-state index contributed by atoms with van der Waals surface area (Å²) in [4.78, 5) is 8.56. The maximum Gasteiger partial charge on any atom is 0.364 e. The second-order valence-corrected chi connectivity index (χ2v) is 2.32. The van der Waals surface area contributed by atoms with Gasteiger partial charge in [-0.3, -0.25) is 0 Å². The summed E-state index contributed by atoms with van der Waals surface area (Å²) in [6.45, 7) is 0. The van der Waals surface area contributed by atoms with Crippen LogP contribution in [0.15, 0.2) is 11.9 Å². The normalized spacial score (nSPS) is 12.2. The van der Waals surface area contributed by atoms with Crippen molar-refractivity contribution in [2.24, 2.45) is 0 Å². The molecule has 0 amide bonds. The van der Waals surface area contributed by atoms with Crippen LogP contribution >= 0.6 is 23.2 Å². The molecule has 0 saturated carbocycles. The van der Waals surface area contributed by atoms with Crippen molar-refractivity contribution in [1.82, 2.24) is 0 Å². The Morgan fingerprint density at radius 1 is 1.67 bits per heavy atom. The van der Waals surface area contributed by atoms with Gasteiger partial charge in [0.05, 0.1) is 0 Å². The van der Waals surface area contributed by atoms with Gasteiger partial charge in [0.2, 0.25) is 5.83 Å². The van der Waals surface area contributed by atoms with Crippen molar-refractivity contribution in [1.29, 1.82) is 0 Å². The SMILES string of the molecule is O=C(O)/C(F)=C/C(Cl)Cl. The highest BCUT2D eigenvalue weighted by Gasteiger charge is 2.06. The number of alkyl halides is 2. The summed E-state index contributed by atoms with van der Waals surface area (Å²) in [5.74, 6) is -3.01. The van der Waals surface area contributed by atoms with Crippen molar-refractivity contribution in [2.45, 2.75) is 4.84 Å². The Kier molecular flexibility index (Phi) is 3.58. The van der Waals surface area contributed by atoms with Crippen LogP contribution < -0.4 is 0 Å². The van der Waals surface area contributed by atoms with Crippen LogP contribution in [0.2, 0.25) is 0 Å². The van der Waals surface area contributed by atoms with E-state index in [-0.39, 0.29) is 0 Å². The predicted octanol–water partition coefficient (Wildman–Crippen LogP) is 1.73. The minimum Gasteiger partial charge on any atom is -0.476 e. The van der Waals surface area contributed by atoms with Gasteiger partial charge >= 0.3 is 5.97 Å². The molecule has 0 heterocycles. The zero-order chi connectivity index (χ0) is 7.44. The van der Waals surface area contributed by atoms with E-state index in [4.69, 9.17) is 28.3 Å². The van der Waals surface area contributed by atoms with Crippen molar-refractivity contribution < 1.29 is 14.3 Å². The number of carbonyl (C=O) groups is 1. The summed E-state index contributed by atoms with van der Waals surface area (Å²) in [5.41, 5.74) is 0. The fourth-order valence-electron chi connectivity index (χ4n) is 0.182. The summed E-state index contributed by atoms with van der Waals surface area (Å²) in [5, 5.41) is 7.87. The van der Waals surface area contributed by atoms with E-state index in [9.17, 15) is 9.18 Å². The van der Waals surface area contributed by atoms with Gasteiger partial charge in [0.15, 0.2) is 0 Å². The molecule has 0 aromatic rings. The fourth-order valence-corrected chi connectivity index (χ4v) is 0.403. The number of carboxylic acid groups (broad SMARTS) is 1. The molecule has 0 bridgehead atoms. The van der Waals surface area contributed by atoms with Gasteiger partial charge in [-0.05, 0) is 6.08 Å². The molecule has 0 rings (SSSR count). The van der Waals surface area contributed by atoms with E-state index >= 15 is 0 Å². The molecular formula is C4H3Cl2FO2. The predicted molar refractivity (Wildman–Crippen MR) is 32.3 cm³/mol. The van der Waals surface area contributed by atoms with Crippen molar-refractivity contribution in [3.8, 4) is 0 Å². The zero-order valence-corrected chi connectivity index (χ0v) is 5.66. The number of aliphatic carboxylic acids is 1. The Labute approximate surface area is 60.9 Å². The van der Waals surface area contributed by atoms with E-state index in [0.29, 0.717) is 6.08 Å². The molecule has 0 radical (unpaired) electrons. The van der Waals surface area contributed by atoms with Gasteiger partial charge < -0.3 is 5.11 Å². The number of allylic oxidation sites excluding steroid dienone is 1. The van der Waals surface area contributed by atoms with E-state index in [1.165, 1.54) is 0 Å². The molecule has 5 heteroatoms. The van der Waals surface area contributed by atoms with E-state index in [2.05, 4.69) is 0 Å². The molecule has 0 atom stereocenters. The lowest BCUT2D eigenvalue weighted by molar-refractivity contribution is -0.134. The van der Waals surface area contributed by atoms with Gasteiger partial charge in [0.25, 0.3) is 0 Å². The van der Waals surface area contributed by atoms with Gasteiger partial charge in [0.1, 0.15) is 4.84 Å². The van der Waals surface area contributed by atoms with Crippen LogP contribution in [0.5, 0.6) is 0 Å². The van der Waals surface area contributed by atoms with Crippen LogP contribution in [0.1, 0.15) is 0 Å². The third-order valence-electron chi connectivity index (χ3n) is 0.477.